The number of aromatic carboxylic acids is 1. The first-order chi connectivity index (χ1) is 14.7. The summed E-state index contributed by atoms with van der Waals surface area (Å²) in [5.41, 5.74) is 0.0395. The Morgan fingerprint density at radius 2 is 2.03 bits per heavy atom. The summed E-state index contributed by atoms with van der Waals surface area (Å²) in [6.07, 6.45) is 0.821. The molecule has 10 heteroatoms. The van der Waals surface area contributed by atoms with Crippen LogP contribution in [0.1, 0.15) is 47.8 Å². The molecular weight excluding hydrogens is 436 g/mol. The van der Waals surface area contributed by atoms with Crippen LogP contribution in [0.5, 0.6) is 11.5 Å². The van der Waals surface area contributed by atoms with E-state index in [9.17, 15) is 23.5 Å². The topological polar surface area (TPSA) is 87.0 Å². The summed E-state index contributed by atoms with van der Waals surface area (Å²) in [5.74, 6) is -1.32. The Bertz CT molecular complexity index is 1160. The fourth-order valence-electron chi connectivity index (χ4n) is 4.26. The molecule has 3 heterocycles. The first-order valence-corrected chi connectivity index (χ1v) is 10.1. The van der Waals surface area contributed by atoms with Gasteiger partial charge in [0.1, 0.15) is 23.2 Å². The number of carboxylic acid groups (broad SMARTS) is 1. The average molecular weight is 454 g/mol. The number of carboxylic acids is 1. The van der Waals surface area contributed by atoms with Crippen molar-refractivity contribution in [2.45, 2.75) is 38.5 Å². The molecule has 5 rings (SSSR count). The smallest absolute Gasteiger partial charge is 0.387 e. The maximum Gasteiger partial charge on any atom is 0.387 e. The van der Waals surface area contributed by atoms with Gasteiger partial charge in [-0.25, -0.2) is 4.79 Å². The van der Waals surface area contributed by atoms with Gasteiger partial charge in [-0.1, -0.05) is 18.5 Å². The number of alkyl halides is 2. The van der Waals surface area contributed by atoms with Crippen molar-refractivity contribution in [3.05, 3.63) is 44.7 Å². The number of hydrogen-bond donors (Lipinski definition) is 1. The molecule has 1 saturated carbocycles. The van der Waals surface area contributed by atoms with Gasteiger partial charge in [-0.05, 0) is 25.0 Å². The molecule has 2 aliphatic heterocycles. The van der Waals surface area contributed by atoms with Crippen LogP contribution in [0.15, 0.2) is 23.0 Å². The van der Waals surface area contributed by atoms with Crippen LogP contribution in [0.2, 0.25) is 5.02 Å². The summed E-state index contributed by atoms with van der Waals surface area (Å²) in [6.45, 7) is -0.408. The summed E-state index contributed by atoms with van der Waals surface area (Å²) in [5, 5.41) is 9.56. The number of carbonyl (C=O) groups is 1. The van der Waals surface area contributed by atoms with E-state index in [2.05, 4.69) is 4.74 Å². The van der Waals surface area contributed by atoms with E-state index < -0.39 is 29.7 Å². The van der Waals surface area contributed by atoms with Gasteiger partial charge in [0.05, 0.1) is 29.3 Å². The van der Waals surface area contributed by atoms with Crippen molar-refractivity contribution in [1.29, 1.82) is 0 Å². The number of nitrogens with zero attached hydrogens (tertiary/aromatic N) is 1. The van der Waals surface area contributed by atoms with Gasteiger partial charge in [-0.2, -0.15) is 8.78 Å². The zero-order valence-corrected chi connectivity index (χ0v) is 17.1. The second-order valence-electron chi connectivity index (χ2n) is 8.38. The second kappa shape index (κ2) is 6.93. The third-order valence-electron chi connectivity index (χ3n) is 5.93. The van der Waals surface area contributed by atoms with Gasteiger partial charge in [-0.15, -0.1) is 0 Å². The third-order valence-corrected chi connectivity index (χ3v) is 6.23. The summed E-state index contributed by atoms with van der Waals surface area (Å²) >= 11 is 6.19. The number of fused-ring (bicyclic) bond motifs is 3. The highest BCUT2D eigenvalue weighted by Crippen LogP contribution is 2.54. The minimum Gasteiger partial charge on any atom is -0.484 e. The zero-order valence-electron chi connectivity index (χ0n) is 16.4. The molecule has 1 aliphatic carbocycles. The van der Waals surface area contributed by atoms with Crippen LogP contribution < -0.4 is 15.0 Å². The predicted octanol–water partition coefficient (Wildman–Crippen LogP) is 4.27. The number of hydrogen-bond acceptors (Lipinski definition) is 5. The van der Waals surface area contributed by atoms with E-state index in [-0.39, 0.29) is 28.1 Å². The standard InChI is InChI=1S/C21H18ClF2NO6/c1-21(7-29-8-21)17-11-4-12(19(27)28)18(26)25(9-2-3-9)16(11)10-5-13(22)15(31-20(23)24)6-14(10)30-17/h4-6,9,17,20H,2-3,7-8H2,1H3,(H,27,28). The molecule has 2 aromatic rings. The lowest BCUT2D eigenvalue weighted by molar-refractivity contribution is -0.156. The summed E-state index contributed by atoms with van der Waals surface area (Å²) in [7, 11) is 0. The Balaban J connectivity index is 1.80. The molecule has 2 fully saturated rings. The SMILES string of the molecule is CC1(C2Oc3cc(OC(F)F)c(Cl)cc3-c3c2cc(C(=O)O)c(=O)n3C2CC2)COC1. The van der Waals surface area contributed by atoms with Crippen LogP contribution in [-0.4, -0.2) is 35.5 Å². The highest BCUT2D eigenvalue weighted by Gasteiger charge is 2.48. The lowest BCUT2D eigenvalue weighted by atomic mass is 9.76. The Morgan fingerprint density at radius 1 is 1.32 bits per heavy atom. The molecule has 1 saturated heterocycles. The normalized spacial score (nSPS) is 21.0. The van der Waals surface area contributed by atoms with Gasteiger partial charge < -0.3 is 23.9 Å². The van der Waals surface area contributed by atoms with E-state index >= 15 is 0 Å². The van der Waals surface area contributed by atoms with Crippen molar-refractivity contribution >= 4 is 17.6 Å². The van der Waals surface area contributed by atoms with E-state index in [1.807, 2.05) is 6.92 Å². The Morgan fingerprint density at radius 3 is 2.58 bits per heavy atom. The molecule has 31 heavy (non-hydrogen) atoms. The van der Waals surface area contributed by atoms with Crippen molar-refractivity contribution < 1.29 is 32.9 Å². The maximum absolute atomic E-state index is 13.1. The Labute approximate surface area is 180 Å². The molecule has 0 radical (unpaired) electrons. The van der Waals surface area contributed by atoms with Crippen LogP contribution in [0.3, 0.4) is 0 Å². The average Bonchev–Trinajstić information content (AvgIpc) is 3.50. The van der Waals surface area contributed by atoms with Gasteiger partial charge in [0.15, 0.2) is 0 Å². The van der Waals surface area contributed by atoms with Gasteiger partial charge in [0, 0.05) is 23.2 Å². The second-order valence-corrected chi connectivity index (χ2v) is 8.78. The molecule has 0 bridgehead atoms. The van der Waals surface area contributed by atoms with Crippen molar-refractivity contribution in [3.63, 3.8) is 0 Å². The van der Waals surface area contributed by atoms with E-state index in [4.69, 9.17) is 21.1 Å². The van der Waals surface area contributed by atoms with Crippen molar-refractivity contribution in [1.82, 2.24) is 4.57 Å². The zero-order chi connectivity index (χ0) is 22.1. The predicted molar refractivity (Wildman–Crippen MR) is 105 cm³/mol. The molecule has 1 atom stereocenters. The minimum absolute atomic E-state index is 0.0673. The Kier molecular flexibility index (Phi) is 4.53. The van der Waals surface area contributed by atoms with Crippen molar-refractivity contribution in [3.8, 4) is 22.8 Å². The van der Waals surface area contributed by atoms with Gasteiger partial charge in [-0.3, -0.25) is 4.79 Å². The number of halogens is 3. The van der Waals surface area contributed by atoms with E-state index in [1.54, 1.807) is 0 Å². The number of pyridine rings is 1. The molecule has 0 amide bonds. The third kappa shape index (κ3) is 3.18. The fraction of sp³-hybridized carbons (Fsp3) is 0.429. The molecule has 7 nitrogen and oxygen atoms in total. The largest absolute Gasteiger partial charge is 0.484 e. The van der Waals surface area contributed by atoms with E-state index in [1.165, 1.54) is 22.8 Å². The van der Waals surface area contributed by atoms with Gasteiger partial charge in [0.2, 0.25) is 0 Å². The lowest BCUT2D eigenvalue weighted by Gasteiger charge is -2.46. The number of ether oxygens (including phenoxy) is 3. The summed E-state index contributed by atoms with van der Waals surface area (Å²) < 4.78 is 43.2. The van der Waals surface area contributed by atoms with E-state index in [0.717, 1.165) is 12.8 Å². The Hall–Kier alpha value is -2.65. The molecule has 0 spiro atoms. The maximum atomic E-state index is 13.1. The highest BCUT2D eigenvalue weighted by molar-refractivity contribution is 6.32. The van der Waals surface area contributed by atoms with Crippen LogP contribution >= 0.6 is 11.6 Å². The first kappa shape index (κ1) is 20.3. The number of rotatable bonds is 5. The monoisotopic (exact) mass is 453 g/mol. The molecule has 1 aromatic heterocycles. The summed E-state index contributed by atoms with van der Waals surface area (Å²) in [4.78, 5) is 24.9. The quantitative estimate of drug-likeness (QED) is 0.727. The summed E-state index contributed by atoms with van der Waals surface area (Å²) in [6, 6.07) is 3.92. The molecular formula is C21H18ClF2NO6. The van der Waals surface area contributed by atoms with Crippen LogP contribution in [0.25, 0.3) is 11.3 Å². The van der Waals surface area contributed by atoms with Crippen LogP contribution in [0.4, 0.5) is 8.78 Å². The molecule has 1 N–H and O–H groups in total. The molecule has 3 aliphatic rings. The van der Waals surface area contributed by atoms with Crippen molar-refractivity contribution in [2.75, 3.05) is 13.2 Å². The minimum atomic E-state index is -3.07. The van der Waals surface area contributed by atoms with E-state index in [0.29, 0.717) is 30.0 Å². The van der Waals surface area contributed by atoms with Crippen molar-refractivity contribution in [2.24, 2.45) is 5.41 Å². The van der Waals surface area contributed by atoms with Gasteiger partial charge >= 0.3 is 12.6 Å². The van der Waals surface area contributed by atoms with Gasteiger partial charge in [0.25, 0.3) is 5.56 Å². The van der Waals surface area contributed by atoms with Crippen LogP contribution in [-0.2, 0) is 4.74 Å². The molecule has 164 valence electrons. The lowest BCUT2D eigenvalue weighted by Crippen LogP contribution is -2.48. The number of aromatic nitrogens is 1. The highest BCUT2D eigenvalue weighted by atomic mass is 35.5. The first-order valence-electron chi connectivity index (χ1n) is 9.75. The fourth-order valence-corrected chi connectivity index (χ4v) is 4.47. The number of benzene rings is 1. The molecule has 1 unspecified atom stereocenters. The molecule has 1 aromatic carbocycles. The van der Waals surface area contributed by atoms with Crippen LogP contribution in [0, 0.1) is 5.41 Å².